The molecule has 5 rings (SSSR count). The fraction of sp³-hybridized carbons (Fsp3) is 0.409. The minimum Gasteiger partial charge on any atom is -0.380 e. The van der Waals surface area contributed by atoms with Gasteiger partial charge in [0.15, 0.2) is 5.15 Å². The maximum absolute atomic E-state index is 13.2. The third-order valence-electron chi connectivity index (χ3n) is 6.38. The van der Waals surface area contributed by atoms with Gasteiger partial charge >= 0.3 is 0 Å². The third-order valence-corrected chi connectivity index (χ3v) is 6.69. The van der Waals surface area contributed by atoms with Crippen molar-refractivity contribution in [2.24, 2.45) is 0 Å². The lowest BCUT2D eigenvalue weighted by Gasteiger charge is -2.27. The standard InChI is InChI=1S/C22H23ClN6O4/c23-19-12(11-28(27-19)13-6-8-24-9-7-13)10-25-15-3-1-2-14-18(15)22(33)29(21(14)32)16-4-5-17(30)26-20(16)31/h1-3,11,13,16,24-25H,4-10H2,(H,26,30,31). The van der Waals surface area contributed by atoms with Crippen molar-refractivity contribution < 1.29 is 19.2 Å². The lowest BCUT2D eigenvalue weighted by molar-refractivity contribution is -0.136. The van der Waals surface area contributed by atoms with Gasteiger partial charge in [0.1, 0.15) is 6.04 Å². The molecular weight excluding hydrogens is 448 g/mol. The van der Waals surface area contributed by atoms with E-state index in [1.54, 1.807) is 18.2 Å². The molecule has 1 atom stereocenters. The first-order valence-corrected chi connectivity index (χ1v) is 11.3. The zero-order valence-corrected chi connectivity index (χ0v) is 18.5. The molecule has 3 aliphatic heterocycles. The Bertz CT molecular complexity index is 1160. The molecule has 2 fully saturated rings. The minimum absolute atomic E-state index is 0.0778. The number of hydrogen-bond acceptors (Lipinski definition) is 7. The Morgan fingerprint density at radius 3 is 2.64 bits per heavy atom. The SMILES string of the molecule is O=C1CCC(N2C(=O)c3cccc(NCc4cn(C5CCNCC5)nc4Cl)c3C2=O)C(=O)N1. The van der Waals surface area contributed by atoms with Crippen molar-refractivity contribution in [3.8, 4) is 0 Å². The highest BCUT2D eigenvalue weighted by Crippen LogP contribution is 2.33. The Labute approximate surface area is 194 Å². The lowest BCUT2D eigenvalue weighted by Crippen LogP contribution is -2.54. The molecule has 0 bridgehead atoms. The quantitative estimate of drug-likeness (QED) is 0.565. The van der Waals surface area contributed by atoms with Crippen LogP contribution in [0.5, 0.6) is 0 Å². The van der Waals surface area contributed by atoms with Gasteiger partial charge in [0, 0.05) is 30.4 Å². The number of nitrogens with zero attached hydrogens (tertiary/aromatic N) is 3. The molecule has 1 unspecified atom stereocenters. The van der Waals surface area contributed by atoms with Crippen LogP contribution in [0.2, 0.25) is 5.15 Å². The third kappa shape index (κ3) is 3.89. The van der Waals surface area contributed by atoms with Crippen molar-refractivity contribution in [2.75, 3.05) is 18.4 Å². The summed E-state index contributed by atoms with van der Waals surface area (Å²) in [5.74, 6) is -2.13. The van der Waals surface area contributed by atoms with E-state index in [1.165, 1.54) is 0 Å². The molecular formula is C22H23ClN6O4. The van der Waals surface area contributed by atoms with Gasteiger partial charge in [0.2, 0.25) is 11.8 Å². The Morgan fingerprint density at radius 2 is 1.88 bits per heavy atom. The fourth-order valence-electron chi connectivity index (χ4n) is 4.64. The summed E-state index contributed by atoms with van der Waals surface area (Å²) >= 11 is 6.36. The molecule has 0 aliphatic carbocycles. The number of carbonyl (C=O) groups excluding carboxylic acids is 4. The van der Waals surface area contributed by atoms with Crippen LogP contribution in [0, 0.1) is 0 Å². The number of hydrogen-bond donors (Lipinski definition) is 3. The highest BCUT2D eigenvalue weighted by atomic mass is 35.5. The van der Waals surface area contributed by atoms with E-state index >= 15 is 0 Å². The van der Waals surface area contributed by atoms with Gasteiger partial charge in [-0.1, -0.05) is 17.7 Å². The molecule has 2 aromatic rings. The molecule has 172 valence electrons. The molecule has 1 aromatic heterocycles. The number of amides is 4. The molecule has 4 heterocycles. The van der Waals surface area contributed by atoms with Crippen LogP contribution in [-0.2, 0) is 16.1 Å². The summed E-state index contributed by atoms with van der Waals surface area (Å²) in [6, 6.07) is 4.25. The minimum atomic E-state index is -0.999. The number of carbonyl (C=O) groups is 4. The molecule has 3 aliphatic rings. The number of nitrogens with one attached hydrogen (secondary N) is 3. The van der Waals surface area contributed by atoms with Crippen molar-refractivity contribution in [2.45, 2.75) is 44.3 Å². The van der Waals surface area contributed by atoms with Crippen LogP contribution in [-0.4, -0.2) is 57.4 Å². The van der Waals surface area contributed by atoms with Gasteiger partial charge in [-0.2, -0.15) is 5.10 Å². The molecule has 4 amide bonds. The summed E-state index contributed by atoms with van der Waals surface area (Å²) in [6.07, 6.45) is 4.06. The molecule has 0 saturated carbocycles. The number of anilines is 1. The molecule has 1 aromatic carbocycles. The number of rotatable bonds is 5. The van der Waals surface area contributed by atoms with Crippen molar-refractivity contribution in [1.29, 1.82) is 0 Å². The van der Waals surface area contributed by atoms with Crippen molar-refractivity contribution in [3.63, 3.8) is 0 Å². The smallest absolute Gasteiger partial charge is 0.264 e. The second-order valence-corrected chi connectivity index (χ2v) is 8.79. The molecule has 10 nitrogen and oxygen atoms in total. The highest BCUT2D eigenvalue weighted by Gasteiger charge is 2.45. The van der Waals surface area contributed by atoms with Crippen LogP contribution >= 0.6 is 11.6 Å². The van der Waals surface area contributed by atoms with Gasteiger partial charge in [-0.15, -0.1) is 0 Å². The normalized spacial score (nSPS) is 21.4. The number of benzene rings is 1. The topological polar surface area (TPSA) is 125 Å². The molecule has 2 saturated heterocycles. The largest absolute Gasteiger partial charge is 0.380 e. The van der Waals surface area contributed by atoms with Crippen molar-refractivity contribution >= 4 is 40.9 Å². The van der Waals surface area contributed by atoms with Gasteiger partial charge < -0.3 is 10.6 Å². The summed E-state index contributed by atoms with van der Waals surface area (Å²) < 4.78 is 1.90. The molecule has 0 radical (unpaired) electrons. The van der Waals surface area contributed by atoms with Gasteiger partial charge in [-0.25, -0.2) is 0 Å². The first kappa shape index (κ1) is 21.6. The van der Waals surface area contributed by atoms with E-state index in [0.29, 0.717) is 23.4 Å². The highest BCUT2D eigenvalue weighted by molar-refractivity contribution is 6.30. The Hall–Kier alpha value is -3.24. The number of piperidine rings is 2. The second kappa shape index (κ2) is 8.60. The first-order chi connectivity index (χ1) is 15.9. The Morgan fingerprint density at radius 1 is 1.09 bits per heavy atom. The monoisotopic (exact) mass is 470 g/mol. The molecule has 0 spiro atoms. The fourth-order valence-corrected chi connectivity index (χ4v) is 4.84. The van der Waals surface area contributed by atoms with E-state index in [9.17, 15) is 19.2 Å². The van der Waals surface area contributed by atoms with Gasteiger partial charge in [0.25, 0.3) is 11.8 Å². The van der Waals surface area contributed by atoms with Crippen LogP contribution < -0.4 is 16.0 Å². The predicted octanol–water partition coefficient (Wildman–Crippen LogP) is 1.47. The second-order valence-electron chi connectivity index (χ2n) is 8.44. The van der Waals surface area contributed by atoms with Gasteiger partial charge in [-0.05, 0) is 44.5 Å². The summed E-state index contributed by atoms with van der Waals surface area (Å²) in [5.41, 5.74) is 1.71. The Kier molecular flexibility index (Phi) is 5.63. The van der Waals surface area contributed by atoms with Gasteiger partial charge in [-0.3, -0.25) is 34.1 Å². The number of halogens is 1. The van der Waals surface area contributed by atoms with E-state index < -0.39 is 29.7 Å². The maximum Gasteiger partial charge on any atom is 0.264 e. The summed E-state index contributed by atoms with van der Waals surface area (Å²) in [5, 5.41) is 13.6. The van der Waals surface area contributed by atoms with Gasteiger partial charge in [0.05, 0.1) is 17.2 Å². The lowest BCUT2D eigenvalue weighted by atomic mass is 10.0. The van der Waals surface area contributed by atoms with E-state index in [1.807, 2.05) is 10.9 Å². The van der Waals surface area contributed by atoms with E-state index in [2.05, 4.69) is 21.0 Å². The van der Waals surface area contributed by atoms with Crippen molar-refractivity contribution in [1.82, 2.24) is 25.3 Å². The molecule has 3 N–H and O–H groups in total. The summed E-state index contributed by atoms with van der Waals surface area (Å²) in [6.45, 7) is 2.19. The molecule has 11 heteroatoms. The molecule has 33 heavy (non-hydrogen) atoms. The van der Waals surface area contributed by atoms with Crippen molar-refractivity contribution in [3.05, 3.63) is 46.2 Å². The summed E-state index contributed by atoms with van der Waals surface area (Å²) in [4.78, 5) is 50.9. The van der Waals surface area contributed by atoms with Crippen LogP contribution in [0.4, 0.5) is 5.69 Å². The van der Waals surface area contributed by atoms with Crippen LogP contribution in [0.25, 0.3) is 0 Å². The van der Waals surface area contributed by atoms with Crippen LogP contribution in [0.3, 0.4) is 0 Å². The van der Waals surface area contributed by atoms with E-state index in [4.69, 9.17) is 11.6 Å². The first-order valence-electron chi connectivity index (χ1n) is 11.0. The average molecular weight is 471 g/mol. The van der Waals surface area contributed by atoms with E-state index in [-0.39, 0.29) is 24.0 Å². The van der Waals surface area contributed by atoms with E-state index in [0.717, 1.165) is 36.4 Å². The number of imide groups is 2. The van der Waals surface area contributed by atoms with Crippen LogP contribution in [0.1, 0.15) is 58.0 Å². The zero-order valence-electron chi connectivity index (χ0n) is 17.8. The number of fused-ring (bicyclic) bond motifs is 1. The van der Waals surface area contributed by atoms with Crippen LogP contribution in [0.15, 0.2) is 24.4 Å². The average Bonchev–Trinajstić information content (AvgIpc) is 3.31. The Balaban J connectivity index is 1.35. The predicted molar refractivity (Wildman–Crippen MR) is 119 cm³/mol. The number of aromatic nitrogens is 2. The summed E-state index contributed by atoms with van der Waals surface area (Å²) in [7, 11) is 0. The zero-order chi connectivity index (χ0) is 23.1. The maximum atomic E-state index is 13.2.